The molecule has 2 heterocycles. The number of rotatable bonds is 1. The second kappa shape index (κ2) is 2.47. The van der Waals surface area contributed by atoms with Gasteiger partial charge >= 0.3 is 0 Å². The zero-order valence-corrected chi connectivity index (χ0v) is 6.88. The van der Waals surface area contributed by atoms with Crippen molar-refractivity contribution in [3.05, 3.63) is 24.1 Å². The Balaban J connectivity index is 2.45. The fraction of sp³-hybridized carbons (Fsp3) is 0.143. The second-order valence-corrected chi connectivity index (χ2v) is 2.99. The van der Waals surface area contributed by atoms with Crippen molar-refractivity contribution in [1.82, 2.24) is 13.9 Å². The molecule has 0 amide bonds. The molecule has 3 nitrogen and oxygen atoms in total. The Morgan fingerprint density at radius 2 is 2.45 bits per heavy atom. The van der Waals surface area contributed by atoms with Gasteiger partial charge in [-0.1, -0.05) is 0 Å². The van der Waals surface area contributed by atoms with Crippen molar-refractivity contribution in [2.45, 2.75) is 0 Å². The van der Waals surface area contributed by atoms with Gasteiger partial charge in [-0.3, -0.25) is 0 Å². The van der Waals surface area contributed by atoms with E-state index in [0.29, 0.717) is 0 Å². The van der Waals surface area contributed by atoms with E-state index in [1.165, 1.54) is 11.5 Å². The predicted molar refractivity (Wildman–Crippen MR) is 44.3 cm³/mol. The minimum absolute atomic E-state index is 0.987. The molecule has 0 fully saturated rings. The highest BCUT2D eigenvalue weighted by Crippen LogP contribution is 2.16. The van der Waals surface area contributed by atoms with Gasteiger partial charge in [0.1, 0.15) is 0 Å². The van der Waals surface area contributed by atoms with Crippen LogP contribution in [0.5, 0.6) is 0 Å². The summed E-state index contributed by atoms with van der Waals surface area (Å²) in [6.45, 7) is 0. The first-order valence-corrected chi connectivity index (χ1v) is 4.07. The van der Waals surface area contributed by atoms with Gasteiger partial charge in [-0.25, -0.2) is 9.36 Å². The molecule has 0 aliphatic carbocycles. The molecule has 2 aromatic rings. The minimum atomic E-state index is 0.987. The topological polar surface area (TPSA) is 30.7 Å². The number of imidazole rings is 1. The van der Waals surface area contributed by atoms with Crippen LogP contribution in [0.2, 0.25) is 0 Å². The highest BCUT2D eigenvalue weighted by molar-refractivity contribution is 7.03. The maximum atomic E-state index is 4.19. The minimum Gasteiger partial charge on any atom is -0.340 e. The van der Waals surface area contributed by atoms with Crippen molar-refractivity contribution in [3.8, 4) is 11.3 Å². The number of hydrogen-bond donors (Lipinski definition) is 0. The smallest absolute Gasteiger partial charge is 0.0951 e. The molecule has 0 N–H and O–H groups in total. The molecule has 11 heavy (non-hydrogen) atoms. The van der Waals surface area contributed by atoms with Crippen molar-refractivity contribution in [2.24, 2.45) is 7.05 Å². The van der Waals surface area contributed by atoms with Gasteiger partial charge in [-0.15, -0.1) is 0 Å². The van der Waals surface area contributed by atoms with E-state index >= 15 is 0 Å². The van der Waals surface area contributed by atoms with Crippen LogP contribution in [0, 0.1) is 0 Å². The van der Waals surface area contributed by atoms with Crippen LogP contribution in [0.1, 0.15) is 0 Å². The number of hydrogen-bond acceptors (Lipinski definition) is 3. The van der Waals surface area contributed by atoms with E-state index in [-0.39, 0.29) is 0 Å². The van der Waals surface area contributed by atoms with E-state index < -0.39 is 0 Å². The lowest BCUT2D eigenvalue weighted by atomic mass is 10.3. The normalized spacial score (nSPS) is 10.3. The average molecular weight is 165 g/mol. The van der Waals surface area contributed by atoms with Gasteiger partial charge in [0.15, 0.2) is 0 Å². The summed E-state index contributed by atoms with van der Waals surface area (Å²) >= 11 is 1.44. The van der Waals surface area contributed by atoms with E-state index in [1.54, 1.807) is 6.33 Å². The average Bonchev–Trinajstić information content (AvgIpc) is 2.55. The van der Waals surface area contributed by atoms with Crippen LogP contribution >= 0.6 is 11.5 Å². The summed E-state index contributed by atoms with van der Waals surface area (Å²) in [6, 6.07) is 0. The Kier molecular flexibility index (Phi) is 1.47. The summed E-state index contributed by atoms with van der Waals surface area (Å²) in [4.78, 5) is 4.19. The SMILES string of the molecule is Cn1cnc(-c2cnsc2)c1. The van der Waals surface area contributed by atoms with Crippen LogP contribution in [0.25, 0.3) is 11.3 Å². The lowest BCUT2D eigenvalue weighted by molar-refractivity contribution is 0.913. The third-order valence-corrected chi connectivity index (χ3v) is 2.02. The molecule has 0 aliphatic heterocycles. The van der Waals surface area contributed by atoms with Crippen LogP contribution in [0.4, 0.5) is 0 Å². The van der Waals surface area contributed by atoms with Gasteiger partial charge in [0.05, 0.1) is 18.2 Å². The third kappa shape index (κ3) is 1.17. The molecule has 0 radical (unpaired) electrons. The second-order valence-electron chi connectivity index (χ2n) is 2.34. The Morgan fingerprint density at radius 3 is 3.00 bits per heavy atom. The van der Waals surface area contributed by atoms with Crippen LogP contribution in [-0.4, -0.2) is 13.9 Å². The van der Waals surface area contributed by atoms with E-state index in [9.17, 15) is 0 Å². The van der Waals surface area contributed by atoms with Gasteiger partial charge < -0.3 is 4.57 Å². The molecule has 0 atom stereocenters. The van der Waals surface area contributed by atoms with Gasteiger partial charge in [0, 0.05) is 24.2 Å². The first-order valence-electron chi connectivity index (χ1n) is 3.24. The molecular weight excluding hydrogens is 158 g/mol. The summed E-state index contributed by atoms with van der Waals surface area (Å²) < 4.78 is 5.92. The molecule has 0 saturated heterocycles. The van der Waals surface area contributed by atoms with Gasteiger partial charge in [-0.05, 0) is 11.5 Å². The van der Waals surface area contributed by atoms with Crippen LogP contribution < -0.4 is 0 Å². The number of aromatic nitrogens is 3. The maximum Gasteiger partial charge on any atom is 0.0951 e. The quantitative estimate of drug-likeness (QED) is 0.641. The summed E-state index contributed by atoms with van der Waals surface area (Å²) in [5.74, 6) is 0. The van der Waals surface area contributed by atoms with E-state index in [2.05, 4.69) is 9.36 Å². The number of nitrogens with zero attached hydrogens (tertiary/aromatic N) is 3. The molecule has 0 spiro atoms. The fourth-order valence-corrected chi connectivity index (χ4v) is 1.42. The zero-order chi connectivity index (χ0) is 7.68. The number of aryl methyl sites for hydroxylation is 1. The standard InChI is InChI=1S/C7H7N3S/c1-10-3-7(8-5-10)6-2-9-11-4-6/h2-5H,1H3. The molecule has 0 bridgehead atoms. The summed E-state index contributed by atoms with van der Waals surface area (Å²) in [5, 5.41) is 1.99. The van der Waals surface area contributed by atoms with Gasteiger partial charge in [0.2, 0.25) is 0 Å². The largest absolute Gasteiger partial charge is 0.340 e. The first-order chi connectivity index (χ1) is 5.36. The predicted octanol–water partition coefficient (Wildman–Crippen LogP) is 1.54. The third-order valence-electron chi connectivity index (χ3n) is 1.43. The van der Waals surface area contributed by atoms with Crippen LogP contribution in [0.3, 0.4) is 0 Å². The van der Waals surface area contributed by atoms with Crippen molar-refractivity contribution in [2.75, 3.05) is 0 Å². The van der Waals surface area contributed by atoms with Crippen LogP contribution in [0.15, 0.2) is 24.1 Å². The lowest BCUT2D eigenvalue weighted by Gasteiger charge is -1.84. The lowest BCUT2D eigenvalue weighted by Crippen LogP contribution is -1.77. The van der Waals surface area contributed by atoms with Gasteiger partial charge in [0.25, 0.3) is 0 Å². The zero-order valence-electron chi connectivity index (χ0n) is 6.06. The molecule has 2 rings (SSSR count). The molecule has 0 aliphatic rings. The van der Waals surface area contributed by atoms with E-state index in [1.807, 2.05) is 29.4 Å². The Labute approximate surface area is 68.5 Å². The van der Waals surface area contributed by atoms with Crippen LogP contribution in [-0.2, 0) is 7.05 Å². The summed E-state index contributed by atoms with van der Waals surface area (Å²) in [7, 11) is 1.95. The maximum absolute atomic E-state index is 4.19. The molecule has 4 heteroatoms. The highest BCUT2D eigenvalue weighted by atomic mass is 32.1. The molecule has 2 aromatic heterocycles. The molecular formula is C7H7N3S. The van der Waals surface area contributed by atoms with Crippen molar-refractivity contribution in [1.29, 1.82) is 0 Å². The first kappa shape index (κ1) is 6.54. The highest BCUT2D eigenvalue weighted by Gasteiger charge is 1.99. The van der Waals surface area contributed by atoms with Crippen molar-refractivity contribution in [3.63, 3.8) is 0 Å². The fourth-order valence-electron chi connectivity index (χ4n) is 0.893. The summed E-state index contributed by atoms with van der Waals surface area (Å²) in [5.41, 5.74) is 2.08. The molecule has 0 aromatic carbocycles. The molecule has 0 saturated carbocycles. The Hall–Kier alpha value is -1.16. The van der Waals surface area contributed by atoms with E-state index in [0.717, 1.165) is 11.3 Å². The Morgan fingerprint density at radius 1 is 1.55 bits per heavy atom. The Bertz CT molecular complexity index is 336. The van der Waals surface area contributed by atoms with E-state index in [4.69, 9.17) is 0 Å². The molecule has 0 unspecified atom stereocenters. The summed E-state index contributed by atoms with van der Waals surface area (Å²) in [6.07, 6.45) is 5.59. The monoisotopic (exact) mass is 165 g/mol. The van der Waals surface area contributed by atoms with Gasteiger partial charge in [-0.2, -0.15) is 0 Å². The molecule has 56 valence electrons. The van der Waals surface area contributed by atoms with Crippen molar-refractivity contribution < 1.29 is 0 Å². The van der Waals surface area contributed by atoms with Crippen molar-refractivity contribution >= 4 is 11.5 Å².